The fourth-order valence-electron chi connectivity index (χ4n) is 1.00. The molecule has 2 N–H and O–H groups in total. The van der Waals surface area contributed by atoms with Crippen LogP contribution in [0.4, 0.5) is 5.69 Å². The second-order valence-electron chi connectivity index (χ2n) is 3.37. The van der Waals surface area contributed by atoms with Crippen molar-refractivity contribution in [2.45, 2.75) is 12.2 Å². The number of hydrogen-bond acceptors (Lipinski definition) is 3. The van der Waals surface area contributed by atoms with Gasteiger partial charge in [-0.25, -0.2) is 8.42 Å². The molecule has 0 saturated carbocycles. The van der Waals surface area contributed by atoms with Crippen molar-refractivity contribution >= 4 is 65.1 Å². The SMILES string of the molecule is CC(C(=O)O)S(=O)(=O)Nc1c(Br)cc(Cl)cc1Br. The molecule has 18 heavy (non-hydrogen) atoms. The summed E-state index contributed by atoms with van der Waals surface area (Å²) in [5.41, 5.74) is 0.201. The molecule has 1 aromatic carbocycles. The number of anilines is 1. The van der Waals surface area contributed by atoms with Crippen LogP contribution in [0.3, 0.4) is 0 Å². The number of carboxylic acids is 1. The summed E-state index contributed by atoms with van der Waals surface area (Å²) in [6.45, 7) is 1.09. The Labute approximate surface area is 126 Å². The summed E-state index contributed by atoms with van der Waals surface area (Å²) in [5.74, 6) is -1.43. The van der Waals surface area contributed by atoms with Gasteiger partial charge in [-0.05, 0) is 50.9 Å². The molecule has 1 rings (SSSR count). The van der Waals surface area contributed by atoms with Crippen LogP contribution in [0.1, 0.15) is 6.92 Å². The average Bonchev–Trinajstić information content (AvgIpc) is 2.22. The third-order valence-corrected chi connectivity index (χ3v) is 5.15. The van der Waals surface area contributed by atoms with E-state index in [2.05, 4.69) is 36.6 Å². The highest BCUT2D eigenvalue weighted by Gasteiger charge is 2.28. The predicted octanol–water partition coefficient (Wildman–Crippen LogP) is 3.08. The highest BCUT2D eigenvalue weighted by Crippen LogP contribution is 2.35. The van der Waals surface area contributed by atoms with Crippen LogP contribution in [-0.2, 0) is 14.8 Å². The Morgan fingerprint density at radius 1 is 1.39 bits per heavy atom. The van der Waals surface area contributed by atoms with Gasteiger partial charge in [0.15, 0.2) is 5.25 Å². The van der Waals surface area contributed by atoms with Crippen molar-refractivity contribution in [3.05, 3.63) is 26.1 Å². The first-order chi connectivity index (χ1) is 8.15. The molecular weight excluding hydrogens is 413 g/mol. The van der Waals surface area contributed by atoms with Gasteiger partial charge in [-0.1, -0.05) is 11.6 Å². The number of carbonyl (C=O) groups is 1. The molecular formula is C9H8Br2ClNO4S. The minimum atomic E-state index is -4.02. The minimum absolute atomic E-state index is 0.201. The van der Waals surface area contributed by atoms with Gasteiger partial charge in [-0.15, -0.1) is 0 Å². The van der Waals surface area contributed by atoms with Crippen molar-refractivity contribution < 1.29 is 18.3 Å². The van der Waals surface area contributed by atoms with E-state index in [1.165, 1.54) is 12.1 Å². The molecule has 0 aliphatic carbocycles. The van der Waals surface area contributed by atoms with E-state index in [9.17, 15) is 13.2 Å². The Bertz CT molecular complexity index is 567. The van der Waals surface area contributed by atoms with Gasteiger partial charge in [-0.2, -0.15) is 0 Å². The van der Waals surface area contributed by atoms with E-state index in [4.69, 9.17) is 16.7 Å². The molecule has 0 amide bonds. The van der Waals surface area contributed by atoms with Crippen molar-refractivity contribution in [1.82, 2.24) is 0 Å². The summed E-state index contributed by atoms with van der Waals surface area (Å²) < 4.78 is 26.5. The summed E-state index contributed by atoms with van der Waals surface area (Å²) in [6, 6.07) is 2.99. The third-order valence-electron chi connectivity index (χ3n) is 2.06. The standard InChI is InChI=1S/C9H8Br2ClNO4S/c1-4(9(14)15)18(16,17)13-8-6(10)2-5(12)3-7(8)11/h2-4,13H,1H3,(H,14,15). The normalized spacial score (nSPS) is 13.1. The Kier molecular flexibility index (Phi) is 5.05. The summed E-state index contributed by atoms with van der Waals surface area (Å²) in [4.78, 5) is 10.7. The zero-order chi connectivity index (χ0) is 14.1. The maximum Gasteiger partial charge on any atom is 0.323 e. The molecule has 0 saturated heterocycles. The summed E-state index contributed by atoms with van der Waals surface area (Å²) in [5, 5.41) is 7.56. The van der Waals surface area contributed by atoms with Gasteiger partial charge in [-0.3, -0.25) is 9.52 Å². The molecule has 0 fully saturated rings. The van der Waals surface area contributed by atoms with Crippen LogP contribution in [0, 0.1) is 0 Å². The van der Waals surface area contributed by atoms with Gasteiger partial charge in [0.2, 0.25) is 10.0 Å². The molecule has 0 aromatic heterocycles. The summed E-state index contributed by atoms with van der Waals surface area (Å²) in [6.07, 6.45) is 0. The summed E-state index contributed by atoms with van der Waals surface area (Å²) >= 11 is 12.1. The Morgan fingerprint density at radius 3 is 2.22 bits per heavy atom. The molecule has 1 atom stereocenters. The molecule has 100 valence electrons. The second-order valence-corrected chi connectivity index (χ2v) is 7.52. The van der Waals surface area contributed by atoms with E-state index < -0.39 is 21.2 Å². The van der Waals surface area contributed by atoms with Gasteiger partial charge in [0.05, 0.1) is 5.69 Å². The van der Waals surface area contributed by atoms with Crippen molar-refractivity contribution in [3.63, 3.8) is 0 Å². The lowest BCUT2D eigenvalue weighted by Crippen LogP contribution is -2.32. The van der Waals surface area contributed by atoms with Gasteiger partial charge < -0.3 is 5.11 Å². The van der Waals surface area contributed by atoms with Crippen LogP contribution in [0.5, 0.6) is 0 Å². The number of carboxylic acid groups (broad SMARTS) is 1. The maximum atomic E-state index is 11.8. The van der Waals surface area contributed by atoms with Crippen LogP contribution >= 0.6 is 43.5 Å². The van der Waals surface area contributed by atoms with Gasteiger partial charge in [0.25, 0.3) is 0 Å². The Hall–Kier alpha value is -0.310. The fourth-order valence-corrected chi connectivity index (χ4v) is 4.08. The first kappa shape index (κ1) is 15.7. The molecule has 0 radical (unpaired) electrons. The number of halogens is 3. The average molecular weight is 421 g/mol. The van der Waals surface area contributed by atoms with E-state index in [1.807, 2.05) is 0 Å². The Balaban J connectivity index is 3.17. The van der Waals surface area contributed by atoms with Crippen molar-refractivity contribution in [2.24, 2.45) is 0 Å². The molecule has 0 aliphatic rings. The molecule has 9 heteroatoms. The topological polar surface area (TPSA) is 83.5 Å². The zero-order valence-corrected chi connectivity index (χ0v) is 13.7. The van der Waals surface area contributed by atoms with Crippen LogP contribution < -0.4 is 4.72 Å². The predicted molar refractivity (Wildman–Crippen MR) is 76.5 cm³/mol. The monoisotopic (exact) mass is 419 g/mol. The van der Waals surface area contributed by atoms with Gasteiger partial charge in [0, 0.05) is 14.0 Å². The third kappa shape index (κ3) is 3.59. The largest absolute Gasteiger partial charge is 0.480 e. The van der Waals surface area contributed by atoms with Gasteiger partial charge >= 0.3 is 5.97 Å². The second kappa shape index (κ2) is 5.77. The lowest BCUT2D eigenvalue weighted by molar-refractivity contribution is -0.136. The fraction of sp³-hybridized carbons (Fsp3) is 0.222. The molecule has 1 aromatic rings. The van der Waals surface area contributed by atoms with E-state index >= 15 is 0 Å². The van der Waals surface area contributed by atoms with E-state index in [0.717, 1.165) is 6.92 Å². The minimum Gasteiger partial charge on any atom is -0.480 e. The maximum absolute atomic E-state index is 11.8. The lowest BCUT2D eigenvalue weighted by atomic mass is 10.3. The molecule has 1 unspecified atom stereocenters. The highest BCUT2D eigenvalue weighted by atomic mass is 79.9. The first-order valence-electron chi connectivity index (χ1n) is 4.54. The number of nitrogens with one attached hydrogen (secondary N) is 1. The van der Waals surface area contributed by atoms with Crippen LogP contribution in [0.25, 0.3) is 0 Å². The van der Waals surface area contributed by atoms with Gasteiger partial charge in [0.1, 0.15) is 0 Å². The summed E-state index contributed by atoms with van der Waals surface area (Å²) in [7, 11) is -4.02. The zero-order valence-electron chi connectivity index (χ0n) is 8.95. The van der Waals surface area contributed by atoms with Crippen LogP contribution in [-0.4, -0.2) is 24.7 Å². The van der Waals surface area contributed by atoms with Crippen molar-refractivity contribution in [1.29, 1.82) is 0 Å². The molecule has 0 aliphatic heterocycles. The molecule has 0 heterocycles. The molecule has 0 spiro atoms. The Morgan fingerprint density at radius 2 is 1.83 bits per heavy atom. The van der Waals surface area contributed by atoms with Crippen molar-refractivity contribution in [3.8, 4) is 0 Å². The number of aliphatic carboxylic acids is 1. The first-order valence-corrected chi connectivity index (χ1v) is 8.05. The van der Waals surface area contributed by atoms with Crippen LogP contribution in [0.15, 0.2) is 21.1 Å². The van der Waals surface area contributed by atoms with E-state index in [1.54, 1.807) is 0 Å². The number of sulfonamides is 1. The lowest BCUT2D eigenvalue weighted by Gasteiger charge is -2.14. The van der Waals surface area contributed by atoms with E-state index in [-0.39, 0.29) is 5.69 Å². The van der Waals surface area contributed by atoms with Crippen molar-refractivity contribution in [2.75, 3.05) is 4.72 Å². The quantitative estimate of drug-likeness (QED) is 0.783. The van der Waals surface area contributed by atoms with Crippen LogP contribution in [0.2, 0.25) is 5.02 Å². The number of rotatable bonds is 4. The smallest absolute Gasteiger partial charge is 0.323 e. The number of hydrogen-bond donors (Lipinski definition) is 2. The molecule has 5 nitrogen and oxygen atoms in total. The molecule has 0 bridgehead atoms. The number of benzene rings is 1. The van der Waals surface area contributed by atoms with E-state index in [0.29, 0.717) is 14.0 Å². The highest BCUT2D eigenvalue weighted by molar-refractivity contribution is 9.11.